The second-order valence-electron chi connectivity index (χ2n) is 4.36. The Balaban J connectivity index is 2.01. The second-order valence-corrected chi connectivity index (χ2v) is 4.36. The predicted molar refractivity (Wildman–Crippen MR) is 72.3 cm³/mol. The summed E-state index contributed by atoms with van der Waals surface area (Å²) in [6.07, 6.45) is 5.42. The molecule has 0 bridgehead atoms. The monoisotopic (exact) mass is 268 g/mol. The van der Waals surface area contributed by atoms with Crippen molar-refractivity contribution < 1.29 is 10.0 Å². The molecule has 20 heavy (non-hydrogen) atoms. The number of aromatic nitrogens is 3. The number of pyridine rings is 2. The number of hydroxylamine groups is 1. The maximum Gasteiger partial charge on any atom is 0.293 e. The Kier molecular flexibility index (Phi) is 3.14. The minimum absolute atomic E-state index is 0.172. The van der Waals surface area contributed by atoms with Crippen LogP contribution in [-0.2, 0) is 6.54 Å². The van der Waals surface area contributed by atoms with E-state index in [-0.39, 0.29) is 5.69 Å². The highest BCUT2D eigenvalue weighted by Gasteiger charge is 2.09. The van der Waals surface area contributed by atoms with Crippen LogP contribution in [0.3, 0.4) is 0 Å². The maximum atomic E-state index is 11.4. The molecular formula is C14H12N4O2. The first-order chi connectivity index (χ1) is 9.78. The van der Waals surface area contributed by atoms with Gasteiger partial charge in [0.2, 0.25) is 0 Å². The van der Waals surface area contributed by atoms with E-state index < -0.39 is 5.91 Å². The van der Waals surface area contributed by atoms with E-state index in [1.54, 1.807) is 30.0 Å². The Morgan fingerprint density at radius 2 is 2.20 bits per heavy atom. The Bertz CT molecular complexity index is 752. The fourth-order valence-electron chi connectivity index (χ4n) is 2.06. The highest BCUT2D eigenvalue weighted by atomic mass is 16.5. The van der Waals surface area contributed by atoms with Crippen LogP contribution < -0.4 is 5.48 Å². The van der Waals surface area contributed by atoms with Crippen molar-refractivity contribution in [2.45, 2.75) is 6.54 Å². The standard InChI is InChI=1S/C14H12N4O2/c19-14(17-20)12-4-3-11-5-7-18(13(11)16-12)9-10-2-1-6-15-8-10/h1-8,20H,9H2,(H,17,19). The molecule has 0 aliphatic rings. The first-order valence-corrected chi connectivity index (χ1v) is 6.07. The average Bonchev–Trinajstić information content (AvgIpc) is 2.90. The molecule has 0 saturated heterocycles. The lowest BCUT2D eigenvalue weighted by Gasteiger charge is -2.05. The highest BCUT2D eigenvalue weighted by molar-refractivity contribution is 5.93. The number of nitrogens with one attached hydrogen (secondary N) is 1. The largest absolute Gasteiger partial charge is 0.328 e. The van der Waals surface area contributed by atoms with Gasteiger partial charge in [-0.1, -0.05) is 6.07 Å². The van der Waals surface area contributed by atoms with Gasteiger partial charge in [0.25, 0.3) is 5.91 Å². The molecule has 0 aromatic carbocycles. The van der Waals surface area contributed by atoms with Gasteiger partial charge in [0.1, 0.15) is 11.3 Å². The molecule has 0 aliphatic carbocycles. The van der Waals surface area contributed by atoms with E-state index in [1.165, 1.54) is 0 Å². The first kappa shape index (κ1) is 12.3. The molecule has 6 heteroatoms. The van der Waals surface area contributed by atoms with Crippen molar-refractivity contribution in [3.8, 4) is 0 Å². The topological polar surface area (TPSA) is 80.0 Å². The Morgan fingerprint density at radius 1 is 1.30 bits per heavy atom. The molecule has 3 rings (SSSR count). The lowest BCUT2D eigenvalue weighted by atomic mass is 10.2. The molecule has 1 amide bonds. The third-order valence-corrected chi connectivity index (χ3v) is 3.02. The van der Waals surface area contributed by atoms with Gasteiger partial charge in [0.05, 0.1) is 6.54 Å². The molecule has 2 N–H and O–H groups in total. The van der Waals surface area contributed by atoms with Crippen LogP contribution >= 0.6 is 0 Å². The summed E-state index contributed by atoms with van der Waals surface area (Å²) in [5, 5.41) is 9.59. The van der Waals surface area contributed by atoms with Crippen LogP contribution in [0.1, 0.15) is 16.1 Å². The van der Waals surface area contributed by atoms with Crippen LogP contribution in [0.4, 0.5) is 0 Å². The van der Waals surface area contributed by atoms with Crippen LogP contribution in [0, 0.1) is 0 Å². The summed E-state index contributed by atoms with van der Waals surface area (Å²) in [5.74, 6) is -0.624. The number of hydrogen-bond donors (Lipinski definition) is 2. The van der Waals surface area contributed by atoms with Crippen LogP contribution in [0.5, 0.6) is 0 Å². The highest BCUT2D eigenvalue weighted by Crippen LogP contribution is 2.15. The van der Waals surface area contributed by atoms with Gasteiger partial charge in [-0.2, -0.15) is 0 Å². The van der Waals surface area contributed by atoms with Crippen molar-refractivity contribution in [3.63, 3.8) is 0 Å². The third kappa shape index (κ3) is 2.24. The summed E-state index contributed by atoms with van der Waals surface area (Å²) in [5.41, 5.74) is 3.49. The molecular weight excluding hydrogens is 256 g/mol. The fourth-order valence-corrected chi connectivity index (χ4v) is 2.06. The zero-order valence-electron chi connectivity index (χ0n) is 10.5. The lowest BCUT2D eigenvalue weighted by Crippen LogP contribution is -2.20. The molecule has 0 spiro atoms. The summed E-state index contributed by atoms with van der Waals surface area (Å²) < 4.78 is 1.93. The van der Waals surface area contributed by atoms with Crippen LogP contribution in [0.2, 0.25) is 0 Å². The molecule has 0 radical (unpaired) electrons. The SMILES string of the molecule is O=C(NO)c1ccc2ccn(Cc3cccnc3)c2n1. The quantitative estimate of drug-likeness (QED) is 0.558. The van der Waals surface area contributed by atoms with Crippen molar-refractivity contribution in [1.29, 1.82) is 0 Å². The fraction of sp³-hybridized carbons (Fsp3) is 0.0714. The second kappa shape index (κ2) is 5.10. The zero-order chi connectivity index (χ0) is 13.9. The maximum absolute atomic E-state index is 11.4. The summed E-state index contributed by atoms with van der Waals surface area (Å²) in [7, 11) is 0. The van der Waals surface area contributed by atoms with Crippen molar-refractivity contribution in [2.75, 3.05) is 0 Å². The van der Waals surface area contributed by atoms with Gasteiger partial charge in [-0.3, -0.25) is 15.0 Å². The number of rotatable bonds is 3. The minimum Gasteiger partial charge on any atom is -0.328 e. The molecule has 3 aromatic rings. The number of amides is 1. The van der Waals surface area contributed by atoms with E-state index >= 15 is 0 Å². The normalized spacial score (nSPS) is 10.7. The Hall–Kier alpha value is -2.73. The van der Waals surface area contributed by atoms with Gasteiger partial charge < -0.3 is 4.57 Å². The summed E-state index contributed by atoms with van der Waals surface area (Å²) in [6, 6.07) is 9.15. The Morgan fingerprint density at radius 3 is 2.95 bits per heavy atom. The third-order valence-electron chi connectivity index (χ3n) is 3.02. The lowest BCUT2D eigenvalue weighted by molar-refractivity contribution is 0.0701. The van der Waals surface area contributed by atoms with Crippen LogP contribution in [0.15, 0.2) is 48.9 Å². The molecule has 0 atom stereocenters. The number of fused-ring (bicyclic) bond motifs is 1. The van der Waals surface area contributed by atoms with Gasteiger partial charge in [-0.05, 0) is 29.8 Å². The number of carbonyl (C=O) groups is 1. The molecule has 3 heterocycles. The van der Waals surface area contributed by atoms with E-state index in [9.17, 15) is 4.79 Å². The van der Waals surface area contributed by atoms with Crippen molar-refractivity contribution in [1.82, 2.24) is 20.0 Å². The smallest absolute Gasteiger partial charge is 0.293 e. The van der Waals surface area contributed by atoms with E-state index in [1.807, 2.05) is 29.0 Å². The summed E-state index contributed by atoms with van der Waals surface area (Å²) >= 11 is 0. The first-order valence-electron chi connectivity index (χ1n) is 6.07. The average molecular weight is 268 g/mol. The van der Waals surface area contributed by atoms with Gasteiger partial charge >= 0.3 is 0 Å². The van der Waals surface area contributed by atoms with Gasteiger partial charge in [0, 0.05) is 24.0 Å². The molecule has 6 nitrogen and oxygen atoms in total. The summed E-state index contributed by atoms with van der Waals surface area (Å²) in [6.45, 7) is 0.620. The van der Waals surface area contributed by atoms with Crippen LogP contribution in [-0.4, -0.2) is 25.6 Å². The molecule has 0 fully saturated rings. The van der Waals surface area contributed by atoms with E-state index in [0.29, 0.717) is 12.2 Å². The molecule has 0 aliphatic heterocycles. The summed E-state index contributed by atoms with van der Waals surface area (Å²) in [4.78, 5) is 19.8. The van der Waals surface area contributed by atoms with Gasteiger partial charge in [-0.25, -0.2) is 10.5 Å². The van der Waals surface area contributed by atoms with E-state index in [4.69, 9.17) is 5.21 Å². The minimum atomic E-state index is -0.624. The van der Waals surface area contributed by atoms with Gasteiger partial charge in [-0.15, -0.1) is 0 Å². The number of carbonyl (C=O) groups excluding carboxylic acids is 1. The van der Waals surface area contributed by atoms with Gasteiger partial charge in [0.15, 0.2) is 0 Å². The molecule has 0 unspecified atom stereocenters. The zero-order valence-corrected chi connectivity index (χ0v) is 10.5. The number of nitrogens with zero attached hydrogens (tertiary/aromatic N) is 3. The molecule has 0 saturated carbocycles. The predicted octanol–water partition coefficient (Wildman–Crippen LogP) is 1.60. The van der Waals surface area contributed by atoms with E-state index in [0.717, 1.165) is 10.9 Å². The molecule has 3 aromatic heterocycles. The van der Waals surface area contributed by atoms with Crippen molar-refractivity contribution in [3.05, 3.63) is 60.2 Å². The van der Waals surface area contributed by atoms with Crippen LogP contribution in [0.25, 0.3) is 11.0 Å². The Labute approximate surface area is 114 Å². The van der Waals surface area contributed by atoms with Crippen molar-refractivity contribution >= 4 is 16.9 Å². The van der Waals surface area contributed by atoms with E-state index in [2.05, 4.69) is 9.97 Å². The molecule has 100 valence electrons. The van der Waals surface area contributed by atoms with Crippen molar-refractivity contribution in [2.24, 2.45) is 0 Å². The number of hydrogen-bond acceptors (Lipinski definition) is 4.